The van der Waals surface area contributed by atoms with Crippen molar-refractivity contribution in [3.8, 4) is 0 Å². The highest BCUT2D eigenvalue weighted by atomic mass is 15.3. The summed E-state index contributed by atoms with van der Waals surface area (Å²) in [5.41, 5.74) is 0. The van der Waals surface area contributed by atoms with E-state index in [4.69, 9.17) is 0 Å². The SMILES string of the molecule is CCCCCCN1C[C@H](C)N(C(C)C)C[C@@H]1C. The van der Waals surface area contributed by atoms with Crippen molar-refractivity contribution < 1.29 is 0 Å². The molecular formula is C15H32N2. The smallest absolute Gasteiger partial charge is 0.0198 e. The number of hydrogen-bond donors (Lipinski definition) is 0. The van der Waals surface area contributed by atoms with Crippen LogP contribution in [0.25, 0.3) is 0 Å². The number of piperazine rings is 1. The highest BCUT2D eigenvalue weighted by Gasteiger charge is 2.29. The number of rotatable bonds is 6. The number of hydrogen-bond acceptors (Lipinski definition) is 2. The van der Waals surface area contributed by atoms with E-state index >= 15 is 0 Å². The lowest BCUT2D eigenvalue weighted by molar-refractivity contribution is 0.0230. The van der Waals surface area contributed by atoms with Gasteiger partial charge in [-0.05, 0) is 40.7 Å². The maximum atomic E-state index is 2.69. The van der Waals surface area contributed by atoms with E-state index < -0.39 is 0 Å². The molecule has 2 heteroatoms. The molecule has 2 nitrogen and oxygen atoms in total. The van der Waals surface area contributed by atoms with Gasteiger partial charge in [0.1, 0.15) is 0 Å². The zero-order valence-electron chi connectivity index (χ0n) is 12.6. The summed E-state index contributed by atoms with van der Waals surface area (Å²) in [6.07, 6.45) is 5.53. The first-order valence-electron chi connectivity index (χ1n) is 7.56. The highest BCUT2D eigenvalue weighted by Crippen LogP contribution is 2.18. The molecule has 1 saturated heterocycles. The summed E-state index contributed by atoms with van der Waals surface area (Å²) in [5, 5.41) is 0. The van der Waals surface area contributed by atoms with Crippen LogP contribution >= 0.6 is 0 Å². The minimum absolute atomic E-state index is 0.690. The first-order chi connectivity index (χ1) is 8.06. The van der Waals surface area contributed by atoms with E-state index in [0.29, 0.717) is 6.04 Å². The Morgan fingerprint density at radius 1 is 1.00 bits per heavy atom. The van der Waals surface area contributed by atoms with Crippen LogP contribution in [0, 0.1) is 0 Å². The van der Waals surface area contributed by atoms with Gasteiger partial charge in [-0.3, -0.25) is 9.80 Å². The molecule has 0 radical (unpaired) electrons. The van der Waals surface area contributed by atoms with Crippen molar-refractivity contribution >= 4 is 0 Å². The molecule has 0 aromatic carbocycles. The van der Waals surface area contributed by atoms with Gasteiger partial charge in [0.15, 0.2) is 0 Å². The van der Waals surface area contributed by atoms with Crippen LogP contribution in [-0.4, -0.2) is 47.6 Å². The molecule has 0 unspecified atom stereocenters. The molecule has 2 atom stereocenters. The van der Waals surface area contributed by atoms with Crippen molar-refractivity contribution in [2.24, 2.45) is 0 Å². The second kappa shape index (κ2) is 7.38. The summed E-state index contributed by atoms with van der Waals surface area (Å²) < 4.78 is 0. The summed E-state index contributed by atoms with van der Waals surface area (Å²) in [7, 11) is 0. The maximum absolute atomic E-state index is 2.69. The summed E-state index contributed by atoms with van der Waals surface area (Å²) in [6, 6.07) is 2.14. The molecule has 0 spiro atoms. The fourth-order valence-corrected chi connectivity index (χ4v) is 3.00. The topological polar surface area (TPSA) is 6.48 Å². The normalized spacial score (nSPS) is 27.9. The Labute approximate surface area is 108 Å². The molecule has 17 heavy (non-hydrogen) atoms. The van der Waals surface area contributed by atoms with Crippen LogP contribution in [0.2, 0.25) is 0 Å². The molecule has 0 saturated carbocycles. The molecule has 102 valence electrons. The van der Waals surface area contributed by atoms with Crippen molar-refractivity contribution in [3.05, 3.63) is 0 Å². The van der Waals surface area contributed by atoms with Crippen LogP contribution in [0.5, 0.6) is 0 Å². The van der Waals surface area contributed by atoms with Crippen LogP contribution < -0.4 is 0 Å². The predicted octanol–water partition coefficient (Wildman–Crippen LogP) is 3.37. The molecule has 0 aromatic heterocycles. The molecule has 1 aliphatic heterocycles. The second-order valence-electron chi connectivity index (χ2n) is 6.04. The average Bonchev–Trinajstić information content (AvgIpc) is 2.28. The quantitative estimate of drug-likeness (QED) is 0.657. The van der Waals surface area contributed by atoms with Crippen LogP contribution in [0.1, 0.15) is 60.3 Å². The van der Waals surface area contributed by atoms with Gasteiger partial charge in [0.25, 0.3) is 0 Å². The van der Waals surface area contributed by atoms with E-state index in [1.807, 2.05) is 0 Å². The molecule has 0 bridgehead atoms. The van der Waals surface area contributed by atoms with E-state index in [9.17, 15) is 0 Å². The zero-order chi connectivity index (χ0) is 12.8. The van der Waals surface area contributed by atoms with E-state index in [2.05, 4.69) is 44.4 Å². The molecule has 1 aliphatic rings. The summed E-state index contributed by atoms with van der Waals surface area (Å²) in [6.45, 7) is 15.5. The largest absolute Gasteiger partial charge is 0.298 e. The summed E-state index contributed by atoms with van der Waals surface area (Å²) in [5.74, 6) is 0. The minimum Gasteiger partial charge on any atom is -0.298 e. The average molecular weight is 240 g/mol. The minimum atomic E-state index is 0.690. The summed E-state index contributed by atoms with van der Waals surface area (Å²) in [4.78, 5) is 5.34. The third kappa shape index (κ3) is 4.59. The Bertz CT molecular complexity index is 203. The zero-order valence-corrected chi connectivity index (χ0v) is 12.6. The monoisotopic (exact) mass is 240 g/mol. The Morgan fingerprint density at radius 3 is 2.29 bits per heavy atom. The van der Waals surface area contributed by atoms with Crippen LogP contribution in [-0.2, 0) is 0 Å². The van der Waals surface area contributed by atoms with E-state index in [1.54, 1.807) is 0 Å². The Kier molecular flexibility index (Phi) is 6.50. The van der Waals surface area contributed by atoms with Gasteiger partial charge >= 0.3 is 0 Å². The molecule has 1 heterocycles. The Hall–Kier alpha value is -0.0800. The van der Waals surface area contributed by atoms with Crippen LogP contribution in [0.3, 0.4) is 0 Å². The van der Waals surface area contributed by atoms with Gasteiger partial charge in [-0.25, -0.2) is 0 Å². The third-order valence-corrected chi connectivity index (χ3v) is 4.13. The first-order valence-corrected chi connectivity index (χ1v) is 7.56. The molecule has 0 aromatic rings. The lowest BCUT2D eigenvalue weighted by Gasteiger charge is -2.46. The van der Waals surface area contributed by atoms with Crippen LogP contribution in [0.15, 0.2) is 0 Å². The molecule has 1 rings (SSSR count). The predicted molar refractivity (Wildman–Crippen MR) is 76.5 cm³/mol. The molecular weight excluding hydrogens is 208 g/mol. The second-order valence-corrected chi connectivity index (χ2v) is 6.04. The summed E-state index contributed by atoms with van der Waals surface area (Å²) >= 11 is 0. The van der Waals surface area contributed by atoms with Gasteiger partial charge in [0.05, 0.1) is 0 Å². The highest BCUT2D eigenvalue weighted by molar-refractivity contribution is 4.85. The van der Waals surface area contributed by atoms with Crippen molar-refractivity contribution in [3.63, 3.8) is 0 Å². The van der Waals surface area contributed by atoms with Gasteiger partial charge in [-0.2, -0.15) is 0 Å². The maximum Gasteiger partial charge on any atom is 0.0198 e. The van der Waals surface area contributed by atoms with Gasteiger partial charge in [-0.15, -0.1) is 0 Å². The van der Waals surface area contributed by atoms with Gasteiger partial charge in [0.2, 0.25) is 0 Å². The van der Waals surface area contributed by atoms with E-state index in [-0.39, 0.29) is 0 Å². The van der Waals surface area contributed by atoms with Crippen molar-refractivity contribution in [1.82, 2.24) is 9.80 Å². The third-order valence-electron chi connectivity index (χ3n) is 4.13. The number of unbranched alkanes of at least 4 members (excludes halogenated alkanes) is 3. The van der Waals surface area contributed by atoms with Gasteiger partial charge in [0, 0.05) is 31.2 Å². The Balaban J connectivity index is 2.33. The molecule has 0 aliphatic carbocycles. The fourth-order valence-electron chi connectivity index (χ4n) is 3.00. The van der Waals surface area contributed by atoms with Gasteiger partial charge < -0.3 is 0 Å². The molecule has 0 N–H and O–H groups in total. The van der Waals surface area contributed by atoms with Crippen LogP contribution in [0.4, 0.5) is 0 Å². The van der Waals surface area contributed by atoms with Crippen molar-refractivity contribution in [2.75, 3.05) is 19.6 Å². The van der Waals surface area contributed by atoms with E-state index in [0.717, 1.165) is 12.1 Å². The molecule has 1 fully saturated rings. The Morgan fingerprint density at radius 2 is 1.71 bits per heavy atom. The standard InChI is InChI=1S/C15H32N2/c1-6-7-8-9-10-16-11-15(5)17(13(2)3)12-14(16)4/h13-15H,6-12H2,1-5H3/t14-,15-/m0/s1. The fraction of sp³-hybridized carbons (Fsp3) is 1.00. The first kappa shape index (κ1) is 15.0. The molecule has 0 amide bonds. The lowest BCUT2D eigenvalue weighted by Crippen LogP contribution is -2.58. The van der Waals surface area contributed by atoms with E-state index in [1.165, 1.54) is 45.3 Å². The number of nitrogens with zero attached hydrogens (tertiary/aromatic N) is 2. The van der Waals surface area contributed by atoms with Crippen molar-refractivity contribution in [2.45, 2.75) is 78.4 Å². The van der Waals surface area contributed by atoms with Crippen molar-refractivity contribution in [1.29, 1.82) is 0 Å². The lowest BCUT2D eigenvalue weighted by atomic mass is 10.1. The van der Waals surface area contributed by atoms with Gasteiger partial charge in [-0.1, -0.05) is 26.2 Å².